The molecule has 1 saturated carbocycles. The van der Waals surface area contributed by atoms with Gasteiger partial charge in [0.15, 0.2) is 0 Å². The maximum atomic E-state index is 13.5. The van der Waals surface area contributed by atoms with Gasteiger partial charge in [0.25, 0.3) is 0 Å². The molecule has 30 heavy (non-hydrogen) atoms. The number of benzene rings is 1. The van der Waals surface area contributed by atoms with Crippen molar-refractivity contribution in [1.82, 2.24) is 15.1 Å². The molecule has 0 radical (unpaired) electrons. The average molecular weight is 431 g/mol. The molecule has 160 valence electrons. The van der Waals surface area contributed by atoms with Gasteiger partial charge in [-0.3, -0.25) is 0 Å². The normalized spacial score (nSPS) is 27.3. The van der Waals surface area contributed by atoms with Crippen LogP contribution in [-0.4, -0.2) is 54.0 Å². The lowest BCUT2D eigenvalue weighted by Gasteiger charge is -2.27. The van der Waals surface area contributed by atoms with Crippen molar-refractivity contribution in [2.45, 2.75) is 31.7 Å². The van der Waals surface area contributed by atoms with Crippen LogP contribution in [0, 0.1) is 23.6 Å². The number of hydrogen-bond acceptors (Lipinski definition) is 5. The number of likely N-dealkylation sites (tertiary alicyclic amines) is 1. The smallest absolute Gasteiger partial charge is 0.148 e. The van der Waals surface area contributed by atoms with Crippen molar-refractivity contribution in [2.75, 3.05) is 38.2 Å². The first-order chi connectivity index (χ1) is 14.6. The molecule has 1 aromatic heterocycles. The van der Waals surface area contributed by atoms with Gasteiger partial charge in [-0.1, -0.05) is 11.6 Å². The van der Waals surface area contributed by atoms with Gasteiger partial charge in [0.05, 0.1) is 10.7 Å². The molecule has 0 bridgehead atoms. The van der Waals surface area contributed by atoms with Crippen LogP contribution in [0.2, 0.25) is 5.02 Å². The molecule has 5 rings (SSSR count). The molecule has 5 nitrogen and oxygen atoms in total. The van der Waals surface area contributed by atoms with Crippen molar-refractivity contribution in [3.05, 3.63) is 41.2 Å². The van der Waals surface area contributed by atoms with E-state index < -0.39 is 0 Å². The van der Waals surface area contributed by atoms with Gasteiger partial charge in [-0.15, -0.1) is 10.2 Å². The molecule has 2 aliphatic heterocycles. The maximum Gasteiger partial charge on any atom is 0.148 e. The first kappa shape index (κ1) is 20.2. The van der Waals surface area contributed by atoms with E-state index in [2.05, 4.69) is 20.4 Å². The number of aromatic nitrogens is 2. The highest BCUT2D eigenvalue weighted by molar-refractivity contribution is 6.33. The van der Waals surface area contributed by atoms with Crippen LogP contribution < -0.4 is 5.32 Å². The molecule has 7 heteroatoms. The van der Waals surface area contributed by atoms with E-state index in [1.165, 1.54) is 57.5 Å². The lowest BCUT2D eigenvalue weighted by molar-refractivity contribution is 0.0545. The molecule has 1 aromatic carbocycles. The number of nitrogens with one attached hydrogen (secondary N) is 1. The summed E-state index contributed by atoms with van der Waals surface area (Å²) in [5, 5.41) is 12.6. The summed E-state index contributed by atoms with van der Waals surface area (Å²) in [6.07, 6.45) is 4.80. The lowest BCUT2D eigenvalue weighted by atomic mass is 10.00. The van der Waals surface area contributed by atoms with Crippen LogP contribution in [0.15, 0.2) is 30.3 Å². The largest absolute Gasteiger partial charge is 0.381 e. The predicted octanol–water partition coefficient (Wildman–Crippen LogP) is 4.49. The minimum atomic E-state index is -0.332. The SMILES string of the molecule is Fc1ccc(Cl)c(-c2ccc(NC3CC4CN(CC5CCOCC5)CC4C3)nn2)c1. The fourth-order valence-corrected chi connectivity index (χ4v) is 5.63. The van der Waals surface area contributed by atoms with Crippen molar-refractivity contribution in [3.8, 4) is 11.3 Å². The van der Waals surface area contributed by atoms with E-state index in [9.17, 15) is 4.39 Å². The molecule has 0 amide bonds. The first-order valence-electron chi connectivity index (χ1n) is 11.0. The molecule has 3 fully saturated rings. The Labute approximate surface area is 182 Å². The van der Waals surface area contributed by atoms with Crippen LogP contribution in [0.25, 0.3) is 11.3 Å². The van der Waals surface area contributed by atoms with Crippen molar-refractivity contribution >= 4 is 17.4 Å². The van der Waals surface area contributed by atoms with Crippen LogP contribution in [0.3, 0.4) is 0 Å². The van der Waals surface area contributed by atoms with E-state index in [1.54, 1.807) is 6.07 Å². The van der Waals surface area contributed by atoms with Gasteiger partial charge in [0, 0.05) is 44.5 Å². The molecule has 2 atom stereocenters. The zero-order valence-corrected chi connectivity index (χ0v) is 17.8. The highest BCUT2D eigenvalue weighted by atomic mass is 35.5. The molecule has 2 unspecified atom stereocenters. The fourth-order valence-electron chi connectivity index (χ4n) is 5.41. The van der Waals surface area contributed by atoms with Gasteiger partial charge >= 0.3 is 0 Å². The third-order valence-corrected chi connectivity index (χ3v) is 7.23. The summed E-state index contributed by atoms with van der Waals surface area (Å²) >= 11 is 6.18. The third-order valence-electron chi connectivity index (χ3n) is 6.90. The Kier molecular flexibility index (Phi) is 5.89. The van der Waals surface area contributed by atoms with Gasteiger partial charge < -0.3 is 15.0 Å². The second kappa shape index (κ2) is 8.77. The second-order valence-corrected chi connectivity index (χ2v) is 9.44. The molecule has 2 saturated heterocycles. The molecule has 2 aromatic rings. The monoisotopic (exact) mass is 430 g/mol. The Morgan fingerprint density at radius 2 is 1.83 bits per heavy atom. The molecular formula is C23H28ClFN4O. The minimum Gasteiger partial charge on any atom is -0.381 e. The summed E-state index contributed by atoms with van der Waals surface area (Å²) in [5.41, 5.74) is 1.15. The minimum absolute atomic E-state index is 0.332. The summed E-state index contributed by atoms with van der Waals surface area (Å²) in [7, 11) is 0. The van der Waals surface area contributed by atoms with Gasteiger partial charge in [-0.25, -0.2) is 4.39 Å². The standard InChI is InChI=1S/C23H28ClFN4O/c24-21-2-1-18(25)11-20(21)22-3-4-23(28-27-22)26-19-9-16-13-29(14-17(16)10-19)12-15-5-7-30-8-6-15/h1-4,11,15-17,19H,5-10,12-14H2,(H,26,28). The van der Waals surface area contributed by atoms with E-state index in [0.717, 1.165) is 36.8 Å². The number of nitrogens with zero attached hydrogens (tertiary/aromatic N) is 3. The van der Waals surface area contributed by atoms with Crippen LogP contribution >= 0.6 is 11.6 Å². The first-order valence-corrected chi connectivity index (χ1v) is 11.4. The van der Waals surface area contributed by atoms with Gasteiger partial charge in [0.1, 0.15) is 11.6 Å². The molecule has 3 heterocycles. The van der Waals surface area contributed by atoms with E-state index in [4.69, 9.17) is 16.3 Å². The Balaban J connectivity index is 1.14. The summed E-state index contributed by atoms with van der Waals surface area (Å²) < 4.78 is 19.0. The molecular weight excluding hydrogens is 403 g/mol. The van der Waals surface area contributed by atoms with Crippen molar-refractivity contribution < 1.29 is 9.13 Å². The number of rotatable bonds is 5. The number of ether oxygens (including phenoxy) is 1. The summed E-state index contributed by atoms with van der Waals surface area (Å²) in [6.45, 7) is 5.56. The van der Waals surface area contributed by atoms with Gasteiger partial charge in [-0.05, 0) is 73.8 Å². The summed E-state index contributed by atoms with van der Waals surface area (Å²) in [5.74, 6) is 2.81. The summed E-state index contributed by atoms with van der Waals surface area (Å²) in [6, 6.07) is 8.49. The van der Waals surface area contributed by atoms with Gasteiger partial charge in [0.2, 0.25) is 0 Å². The zero-order valence-electron chi connectivity index (χ0n) is 17.1. The maximum absolute atomic E-state index is 13.5. The number of fused-ring (bicyclic) bond motifs is 1. The molecule has 1 aliphatic carbocycles. The second-order valence-electron chi connectivity index (χ2n) is 9.04. The molecule has 1 N–H and O–H groups in total. The Bertz CT molecular complexity index is 860. The number of halogens is 2. The van der Waals surface area contributed by atoms with Crippen molar-refractivity contribution in [3.63, 3.8) is 0 Å². The van der Waals surface area contributed by atoms with Crippen LogP contribution in [-0.2, 0) is 4.74 Å². The fraction of sp³-hybridized carbons (Fsp3) is 0.565. The number of anilines is 1. The average Bonchev–Trinajstić information content (AvgIpc) is 3.29. The van der Waals surface area contributed by atoms with Crippen molar-refractivity contribution in [2.24, 2.45) is 17.8 Å². The van der Waals surface area contributed by atoms with Gasteiger partial charge in [-0.2, -0.15) is 0 Å². The van der Waals surface area contributed by atoms with E-state index in [-0.39, 0.29) is 5.82 Å². The Hall–Kier alpha value is -1.76. The van der Waals surface area contributed by atoms with E-state index >= 15 is 0 Å². The van der Waals surface area contributed by atoms with Crippen LogP contribution in [0.5, 0.6) is 0 Å². The zero-order chi connectivity index (χ0) is 20.5. The Morgan fingerprint density at radius 3 is 2.53 bits per heavy atom. The Morgan fingerprint density at radius 1 is 1.07 bits per heavy atom. The quantitative estimate of drug-likeness (QED) is 0.757. The molecule has 0 spiro atoms. The summed E-state index contributed by atoms with van der Waals surface area (Å²) in [4.78, 5) is 2.68. The van der Waals surface area contributed by atoms with E-state index in [0.29, 0.717) is 22.3 Å². The number of hydrogen-bond donors (Lipinski definition) is 1. The highest BCUT2D eigenvalue weighted by Crippen LogP contribution is 2.39. The molecule has 3 aliphatic rings. The lowest BCUT2D eigenvalue weighted by Crippen LogP contribution is -2.32. The van der Waals surface area contributed by atoms with E-state index in [1.807, 2.05) is 12.1 Å². The topological polar surface area (TPSA) is 50.3 Å². The predicted molar refractivity (Wildman–Crippen MR) is 116 cm³/mol. The third kappa shape index (κ3) is 4.46. The van der Waals surface area contributed by atoms with Crippen LogP contribution in [0.4, 0.5) is 10.2 Å². The van der Waals surface area contributed by atoms with Crippen LogP contribution in [0.1, 0.15) is 25.7 Å². The highest BCUT2D eigenvalue weighted by Gasteiger charge is 2.41. The van der Waals surface area contributed by atoms with Crippen molar-refractivity contribution in [1.29, 1.82) is 0 Å².